The molecule has 1 saturated heterocycles. The summed E-state index contributed by atoms with van der Waals surface area (Å²) in [4.78, 5) is 10.7. The van der Waals surface area contributed by atoms with Crippen molar-refractivity contribution in [3.8, 4) is 0 Å². The van der Waals surface area contributed by atoms with Crippen LogP contribution in [0.1, 0.15) is 18.9 Å². The van der Waals surface area contributed by atoms with Crippen LogP contribution in [0.3, 0.4) is 0 Å². The zero-order valence-electron chi connectivity index (χ0n) is 11.8. The number of rotatable bonds is 6. The predicted molar refractivity (Wildman–Crippen MR) is 76.1 cm³/mol. The van der Waals surface area contributed by atoms with E-state index in [2.05, 4.69) is 5.32 Å². The van der Waals surface area contributed by atoms with Crippen LogP contribution in [-0.4, -0.2) is 36.9 Å². The SMILES string of the molecule is Cc1ccc(NC(C)COC2CCOC2)c([N+](=O)[O-])c1. The van der Waals surface area contributed by atoms with Crippen LogP contribution in [0.2, 0.25) is 0 Å². The summed E-state index contributed by atoms with van der Waals surface area (Å²) in [5.41, 5.74) is 1.50. The lowest BCUT2D eigenvalue weighted by molar-refractivity contribution is -0.384. The molecule has 0 bridgehead atoms. The Kier molecular flexibility index (Phi) is 4.92. The Morgan fingerprint density at radius 1 is 1.60 bits per heavy atom. The second kappa shape index (κ2) is 6.67. The van der Waals surface area contributed by atoms with Gasteiger partial charge in [0, 0.05) is 18.7 Å². The monoisotopic (exact) mass is 280 g/mol. The summed E-state index contributed by atoms with van der Waals surface area (Å²) >= 11 is 0. The third-order valence-electron chi connectivity index (χ3n) is 3.22. The van der Waals surface area contributed by atoms with Gasteiger partial charge in [0.05, 0.1) is 24.2 Å². The van der Waals surface area contributed by atoms with Crippen LogP contribution in [0.5, 0.6) is 0 Å². The number of nitro groups is 1. The molecule has 2 rings (SSSR count). The van der Waals surface area contributed by atoms with Crippen molar-refractivity contribution in [1.82, 2.24) is 0 Å². The minimum absolute atomic E-state index is 0.00277. The number of hydrogen-bond acceptors (Lipinski definition) is 5. The van der Waals surface area contributed by atoms with Crippen LogP contribution in [0.4, 0.5) is 11.4 Å². The molecule has 0 aliphatic carbocycles. The van der Waals surface area contributed by atoms with E-state index in [0.717, 1.165) is 18.6 Å². The standard InChI is InChI=1S/C14H20N2O4/c1-10-3-4-13(14(7-10)16(17)18)15-11(2)8-20-12-5-6-19-9-12/h3-4,7,11-12,15H,5-6,8-9H2,1-2H3. The van der Waals surface area contributed by atoms with Crippen LogP contribution in [0.25, 0.3) is 0 Å². The third kappa shape index (κ3) is 3.91. The van der Waals surface area contributed by atoms with Crippen LogP contribution >= 0.6 is 0 Å². The van der Waals surface area contributed by atoms with Crippen molar-refractivity contribution < 1.29 is 14.4 Å². The first-order valence-electron chi connectivity index (χ1n) is 6.77. The average molecular weight is 280 g/mol. The first kappa shape index (κ1) is 14.7. The molecule has 0 radical (unpaired) electrons. The zero-order valence-corrected chi connectivity index (χ0v) is 11.8. The zero-order chi connectivity index (χ0) is 14.5. The van der Waals surface area contributed by atoms with E-state index in [0.29, 0.717) is 18.9 Å². The lowest BCUT2D eigenvalue weighted by Gasteiger charge is -2.18. The van der Waals surface area contributed by atoms with Crippen molar-refractivity contribution in [2.24, 2.45) is 0 Å². The molecule has 1 heterocycles. The summed E-state index contributed by atoms with van der Waals surface area (Å²) in [6.07, 6.45) is 1.06. The molecular weight excluding hydrogens is 260 g/mol. The highest BCUT2D eigenvalue weighted by atomic mass is 16.6. The third-order valence-corrected chi connectivity index (χ3v) is 3.22. The van der Waals surface area contributed by atoms with E-state index in [9.17, 15) is 10.1 Å². The van der Waals surface area contributed by atoms with Crippen LogP contribution in [0.15, 0.2) is 18.2 Å². The quantitative estimate of drug-likeness (QED) is 0.640. The minimum Gasteiger partial charge on any atom is -0.379 e. The fraction of sp³-hybridized carbons (Fsp3) is 0.571. The summed E-state index contributed by atoms with van der Waals surface area (Å²) < 4.78 is 10.9. The number of ether oxygens (including phenoxy) is 2. The molecule has 2 unspecified atom stereocenters. The molecule has 0 amide bonds. The van der Waals surface area contributed by atoms with Gasteiger partial charge in [-0.05, 0) is 31.9 Å². The van der Waals surface area contributed by atoms with Crippen molar-refractivity contribution in [2.75, 3.05) is 25.1 Å². The van der Waals surface area contributed by atoms with E-state index in [1.807, 2.05) is 19.9 Å². The summed E-state index contributed by atoms with van der Waals surface area (Å²) in [5.74, 6) is 0. The van der Waals surface area contributed by atoms with E-state index in [4.69, 9.17) is 9.47 Å². The molecule has 2 atom stereocenters. The van der Waals surface area contributed by atoms with Gasteiger partial charge in [-0.3, -0.25) is 10.1 Å². The molecular formula is C14H20N2O4. The van der Waals surface area contributed by atoms with Gasteiger partial charge in [-0.15, -0.1) is 0 Å². The maximum Gasteiger partial charge on any atom is 0.292 e. The molecule has 6 heteroatoms. The van der Waals surface area contributed by atoms with E-state index in [1.165, 1.54) is 0 Å². The van der Waals surface area contributed by atoms with Gasteiger partial charge in [-0.25, -0.2) is 0 Å². The Labute approximate surface area is 118 Å². The molecule has 110 valence electrons. The number of benzene rings is 1. The van der Waals surface area contributed by atoms with Gasteiger partial charge in [0.15, 0.2) is 0 Å². The second-order valence-electron chi connectivity index (χ2n) is 5.14. The second-order valence-corrected chi connectivity index (χ2v) is 5.14. The fourth-order valence-electron chi connectivity index (χ4n) is 2.15. The average Bonchev–Trinajstić information content (AvgIpc) is 2.91. The number of nitrogens with zero attached hydrogens (tertiary/aromatic N) is 1. The van der Waals surface area contributed by atoms with Crippen LogP contribution < -0.4 is 5.32 Å². The maximum absolute atomic E-state index is 11.0. The van der Waals surface area contributed by atoms with Gasteiger partial charge >= 0.3 is 0 Å². The summed E-state index contributed by atoms with van der Waals surface area (Å²) in [5, 5.41) is 14.2. The number of hydrogen-bond donors (Lipinski definition) is 1. The Morgan fingerprint density at radius 2 is 2.40 bits per heavy atom. The predicted octanol–water partition coefficient (Wildman–Crippen LogP) is 2.51. The Morgan fingerprint density at radius 3 is 3.05 bits per heavy atom. The lowest BCUT2D eigenvalue weighted by atomic mass is 10.2. The topological polar surface area (TPSA) is 73.6 Å². The molecule has 0 aromatic heterocycles. The first-order valence-corrected chi connectivity index (χ1v) is 6.77. The van der Waals surface area contributed by atoms with E-state index < -0.39 is 0 Å². The molecule has 0 spiro atoms. The number of aryl methyl sites for hydroxylation is 1. The molecule has 1 aromatic carbocycles. The lowest BCUT2D eigenvalue weighted by Crippen LogP contribution is -2.26. The summed E-state index contributed by atoms with van der Waals surface area (Å²) in [6, 6.07) is 5.16. The molecule has 0 saturated carbocycles. The maximum atomic E-state index is 11.0. The Bertz CT molecular complexity index is 472. The van der Waals surface area contributed by atoms with Gasteiger partial charge in [0.2, 0.25) is 0 Å². The highest BCUT2D eigenvalue weighted by Gasteiger charge is 2.19. The van der Waals surface area contributed by atoms with Gasteiger partial charge in [0.1, 0.15) is 5.69 Å². The molecule has 6 nitrogen and oxygen atoms in total. The number of nitro benzene ring substituents is 1. The summed E-state index contributed by atoms with van der Waals surface area (Å²) in [6.45, 7) is 5.66. The molecule has 20 heavy (non-hydrogen) atoms. The van der Waals surface area contributed by atoms with E-state index >= 15 is 0 Å². The molecule has 1 fully saturated rings. The van der Waals surface area contributed by atoms with Crippen molar-refractivity contribution in [3.63, 3.8) is 0 Å². The van der Waals surface area contributed by atoms with Crippen molar-refractivity contribution in [3.05, 3.63) is 33.9 Å². The normalized spacial score (nSPS) is 19.8. The smallest absolute Gasteiger partial charge is 0.292 e. The number of anilines is 1. The van der Waals surface area contributed by atoms with E-state index in [-0.39, 0.29) is 22.8 Å². The highest BCUT2D eigenvalue weighted by Crippen LogP contribution is 2.26. The Hall–Kier alpha value is -1.66. The number of nitrogens with one attached hydrogen (secondary N) is 1. The Balaban J connectivity index is 1.92. The van der Waals surface area contributed by atoms with Crippen molar-refractivity contribution in [1.29, 1.82) is 0 Å². The first-order chi connectivity index (χ1) is 9.56. The van der Waals surface area contributed by atoms with Gasteiger partial charge in [-0.2, -0.15) is 0 Å². The van der Waals surface area contributed by atoms with Crippen molar-refractivity contribution in [2.45, 2.75) is 32.4 Å². The van der Waals surface area contributed by atoms with Crippen LogP contribution in [0, 0.1) is 17.0 Å². The molecule has 1 aliphatic heterocycles. The van der Waals surface area contributed by atoms with Crippen LogP contribution in [-0.2, 0) is 9.47 Å². The molecule has 1 aromatic rings. The molecule has 1 N–H and O–H groups in total. The fourth-order valence-corrected chi connectivity index (χ4v) is 2.15. The summed E-state index contributed by atoms with van der Waals surface area (Å²) in [7, 11) is 0. The minimum atomic E-state index is -0.367. The molecule has 1 aliphatic rings. The van der Waals surface area contributed by atoms with E-state index in [1.54, 1.807) is 12.1 Å². The van der Waals surface area contributed by atoms with Gasteiger partial charge < -0.3 is 14.8 Å². The largest absolute Gasteiger partial charge is 0.379 e. The van der Waals surface area contributed by atoms with Gasteiger partial charge in [0.25, 0.3) is 5.69 Å². The van der Waals surface area contributed by atoms with Crippen molar-refractivity contribution >= 4 is 11.4 Å². The highest BCUT2D eigenvalue weighted by molar-refractivity contribution is 5.62. The van der Waals surface area contributed by atoms with Gasteiger partial charge in [-0.1, -0.05) is 6.07 Å².